The number of nitrogens with one attached hydrogen (secondary N) is 1. The maximum absolute atomic E-state index is 11.7. The number of amides is 1. The van der Waals surface area contributed by atoms with E-state index in [9.17, 15) is 9.59 Å². The number of carbonyl (C=O) groups is 2. The van der Waals surface area contributed by atoms with E-state index in [1.807, 2.05) is 30.3 Å². The fourth-order valence-electron chi connectivity index (χ4n) is 2.40. The summed E-state index contributed by atoms with van der Waals surface area (Å²) in [6, 6.07) is 9.81. The van der Waals surface area contributed by atoms with Crippen molar-refractivity contribution < 1.29 is 24.8 Å². The first-order valence-electron chi connectivity index (χ1n) is 7.60. The number of alkyl carbamates (subject to hydrolysis) is 1. The number of benzene rings is 1. The van der Waals surface area contributed by atoms with Crippen molar-refractivity contribution in [1.29, 1.82) is 0 Å². The van der Waals surface area contributed by atoms with Gasteiger partial charge in [0.25, 0.3) is 0 Å². The highest BCUT2D eigenvalue weighted by Crippen LogP contribution is 2.18. The molecule has 0 bridgehead atoms. The van der Waals surface area contributed by atoms with Gasteiger partial charge in [-0.15, -0.1) is 0 Å². The molecule has 1 aromatic carbocycles. The molecule has 0 atom stereocenters. The zero-order valence-electron chi connectivity index (χ0n) is 12.6. The minimum Gasteiger partial charge on any atom is -0.461 e. The molecule has 0 aliphatic heterocycles. The van der Waals surface area contributed by atoms with Crippen LogP contribution in [0.2, 0.25) is 0 Å². The van der Waals surface area contributed by atoms with Crippen molar-refractivity contribution >= 4 is 12.1 Å². The highest BCUT2D eigenvalue weighted by Gasteiger charge is 2.23. The maximum Gasteiger partial charge on any atom is 0.407 e. The molecule has 0 spiro atoms. The molecule has 1 amide bonds. The molecular weight excluding hydrogens is 284 g/mol. The lowest BCUT2D eigenvalue weighted by molar-refractivity contribution is -0.427. The van der Waals surface area contributed by atoms with Crippen LogP contribution in [-0.4, -0.2) is 30.8 Å². The average molecular weight is 307 g/mol. The molecular formula is C16H23N2O4+. The van der Waals surface area contributed by atoms with E-state index in [0.29, 0.717) is 6.04 Å². The van der Waals surface area contributed by atoms with E-state index in [4.69, 9.17) is 9.47 Å². The summed E-state index contributed by atoms with van der Waals surface area (Å²) in [7, 11) is 0. The van der Waals surface area contributed by atoms with Crippen LogP contribution in [-0.2, 0) is 20.9 Å². The zero-order chi connectivity index (χ0) is 15.8. The number of carbonyl (C=O) groups excluding carboxylic acids is 2. The first-order chi connectivity index (χ1) is 10.6. The highest BCUT2D eigenvalue weighted by atomic mass is 16.6. The summed E-state index contributed by atoms with van der Waals surface area (Å²) in [6.07, 6.45) is 2.97. The van der Waals surface area contributed by atoms with Gasteiger partial charge < -0.3 is 20.5 Å². The van der Waals surface area contributed by atoms with Crippen molar-refractivity contribution in [1.82, 2.24) is 5.32 Å². The Kier molecular flexibility index (Phi) is 6.21. The van der Waals surface area contributed by atoms with E-state index < -0.39 is 12.1 Å². The fourth-order valence-corrected chi connectivity index (χ4v) is 2.40. The molecule has 0 heterocycles. The topological polar surface area (TPSA) is 92.3 Å². The summed E-state index contributed by atoms with van der Waals surface area (Å²) in [6.45, 7) is 0.00710. The van der Waals surface area contributed by atoms with Gasteiger partial charge in [0.05, 0.1) is 6.04 Å². The van der Waals surface area contributed by atoms with Gasteiger partial charge >= 0.3 is 12.1 Å². The second-order valence-electron chi connectivity index (χ2n) is 5.55. The molecule has 0 unspecified atom stereocenters. The number of esters is 1. The van der Waals surface area contributed by atoms with E-state index in [-0.39, 0.29) is 19.3 Å². The summed E-state index contributed by atoms with van der Waals surface area (Å²) in [5.74, 6) is -0.427. The van der Waals surface area contributed by atoms with Gasteiger partial charge in [0.2, 0.25) is 0 Å². The zero-order valence-corrected chi connectivity index (χ0v) is 12.6. The third-order valence-electron chi connectivity index (χ3n) is 3.68. The lowest BCUT2D eigenvalue weighted by atomic mass is 9.94. The molecule has 120 valence electrons. The number of hydrogen-bond donors (Lipinski definition) is 2. The van der Waals surface area contributed by atoms with Gasteiger partial charge in [-0.3, -0.25) is 4.79 Å². The molecule has 2 rings (SSSR count). The average Bonchev–Trinajstić information content (AvgIpc) is 2.54. The van der Waals surface area contributed by atoms with Crippen molar-refractivity contribution in [3.63, 3.8) is 0 Å². The summed E-state index contributed by atoms with van der Waals surface area (Å²) >= 11 is 0. The van der Waals surface area contributed by atoms with Gasteiger partial charge in [0.15, 0.2) is 0 Å². The Morgan fingerprint density at radius 3 is 2.50 bits per heavy atom. The molecule has 6 nitrogen and oxygen atoms in total. The monoisotopic (exact) mass is 307 g/mol. The number of rotatable bonds is 5. The predicted octanol–water partition coefficient (Wildman–Crippen LogP) is 1.01. The minimum absolute atomic E-state index is 0.0485. The van der Waals surface area contributed by atoms with Crippen molar-refractivity contribution in [2.24, 2.45) is 0 Å². The van der Waals surface area contributed by atoms with Gasteiger partial charge in [-0.2, -0.15) is 0 Å². The normalized spacial score (nSPS) is 21.0. The van der Waals surface area contributed by atoms with Crippen LogP contribution in [0.3, 0.4) is 0 Å². The first-order valence-corrected chi connectivity index (χ1v) is 7.60. The Hall–Kier alpha value is -2.08. The minimum atomic E-state index is -0.623. The van der Waals surface area contributed by atoms with Crippen molar-refractivity contribution in [3.8, 4) is 0 Å². The van der Waals surface area contributed by atoms with E-state index in [1.165, 1.54) is 0 Å². The first kappa shape index (κ1) is 16.3. The maximum atomic E-state index is 11.7. The van der Waals surface area contributed by atoms with E-state index >= 15 is 0 Å². The molecule has 1 fully saturated rings. The second kappa shape index (κ2) is 8.38. The van der Waals surface area contributed by atoms with Crippen LogP contribution in [0.5, 0.6) is 0 Å². The molecule has 0 radical (unpaired) electrons. The van der Waals surface area contributed by atoms with E-state index in [0.717, 1.165) is 31.2 Å². The van der Waals surface area contributed by atoms with Crippen LogP contribution in [0.1, 0.15) is 31.2 Å². The van der Waals surface area contributed by atoms with E-state index in [2.05, 4.69) is 11.1 Å². The Morgan fingerprint density at radius 1 is 1.14 bits per heavy atom. The summed E-state index contributed by atoms with van der Waals surface area (Å²) < 4.78 is 10.3. The predicted molar refractivity (Wildman–Crippen MR) is 79.7 cm³/mol. The van der Waals surface area contributed by atoms with Crippen molar-refractivity contribution in [2.45, 2.75) is 44.4 Å². The summed E-state index contributed by atoms with van der Waals surface area (Å²) in [5, 5.41) is 2.40. The molecule has 22 heavy (non-hydrogen) atoms. The molecule has 0 saturated heterocycles. The Bertz CT molecular complexity index is 484. The molecule has 4 N–H and O–H groups in total. The van der Waals surface area contributed by atoms with Gasteiger partial charge in [-0.1, -0.05) is 30.3 Å². The van der Waals surface area contributed by atoms with Gasteiger partial charge in [0.1, 0.15) is 19.3 Å². The number of hydrogen-bond acceptors (Lipinski definition) is 4. The highest BCUT2D eigenvalue weighted by molar-refractivity contribution is 5.77. The van der Waals surface area contributed by atoms with Crippen molar-refractivity contribution in [3.05, 3.63) is 35.9 Å². The largest absolute Gasteiger partial charge is 0.461 e. The van der Waals surface area contributed by atoms with Gasteiger partial charge in [0, 0.05) is 12.8 Å². The van der Waals surface area contributed by atoms with Crippen LogP contribution in [0.15, 0.2) is 30.3 Å². The fraction of sp³-hybridized carbons (Fsp3) is 0.500. The van der Waals surface area contributed by atoms with Crippen LogP contribution in [0.4, 0.5) is 4.79 Å². The Balaban J connectivity index is 1.60. The third-order valence-corrected chi connectivity index (χ3v) is 3.68. The molecule has 1 aromatic rings. The Labute approximate surface area is 130 Å². The van der Waals surface area contributed by atoms with Gasteiger partial charge in [-0.05, 0) is 18.4 Å². The SMILES string of the molecule is [NH3+]C1CCC(OC(=O)CNC(=O)OCc2ccccc2)CC1. The van der Waals surface area contributed by atoms with Gasteiger partial charge in [-0.25, -0.2) is 4.79 Å². The third kappa shape index (κ3) is 5.73. The number of ether oxygens (including phenoxy) is 2. The van der Waals surface area contributed by atoms with Crippen LogP contribution in [0, 0.1) is 0 Å². The number of quaternary nitrogens is 1. The molecule has 1 aliphatic carbocycles. The smallest absolute Gasteiger partial charge is 0.407 e. The van der Waals surface area contributed by atoms with Crippen LogP contribution in [0.25, 0.3) is 0 Å². The second-order valence-corrected chi connectivity index (χ2v) is 5.55. The Morgan fingerprint density at radius 2 is 1.82 bits per heavy atom. The molecule has 6 heteroatoms. The van der Waals surface area contributed by atoms with E-state index in [1.54, 1.807) is 0 Å². The lowest BCUT2D eigenvalue weighted by Crippen LogP contribution is -2.62. The van der Waals surface area contributed by atoms with Crippen molar-refractivity contribution in [2.75, 3.05) is 6.54 Å². The summed E-state index contributed by atoms with van der Waals surface area (Å²) in [4.78, 5) is 23.2. The molecule has 1 aliphatic rings. The molecule has 1 saturated carbocycles. The lowest BCUT2D eigenvalue weighted by Gasteiger charge is -2.24. The van der Waals surface area contributed by atoms with Crippen LogP contribution < -0.4 is 11.1 Å². The standard InChI is InChI=1S/C16H22N2O4/c17-13-6-8-14(9-7-13)22-15(19)10-18-16(20)21-11-12-4-2-1-3-5-12/h1-5,13-14H,6-11,17H2,(H,18,20)/p+1. The van der Waals surface area contributed by atoms with Crippen LogP contribution >= 0.6 is 0 Å². The summed E-state index contributed by atoms with van der Waals surface area (Å²) in [5.41, 5.74) is 4.90. The molecule has 0 aromatic heterocycles. The quantitative estimate of drug-likeness (QED) is 0.794.